The number of aryl methyl sites for hydroxylation is 2. The molecule has 0 aliphatic heterocycles. The molecule has 0 fully saturated rings. The Kier molecular flexibility index (Phi) is 6.25. The summed E-state index contributed by atoms with van der Waals surface area (Å²) in [6.45, 7) is 2.20. The number of carbonyl (C=O) groups excluding carboxylic acids is 1. The minimum Gasteiger partial charge on any atom is -0.423 e. The number of H-pyrrole nitrogens is 1. The molecule has 0 unspecified atom stereocenters. The van der Waals surface area contributed by atoms with Crippen LogP contribution >= 0.6 is 0 Å². The fourth-order valence-electron chi connectivity index (χ4n) is 4.79. The van der Waals surface area contributed by atoms with E-state index in [0.29, 0.717) is 55.0 Å². The van der Waals surface area contributed by atoms with Gasteiger partial charge < -0.3 is 20.0 Å². The van der Waals surface area contributed by atoms with Gasteiger partial charge in [-0.25, -0.2) is 23.2 Å². The van der Waals surface area contributed by atoms with Crippen LogP contribution in [-0.2, 0) is 27.5 Å². The first-order chi connectivity index (χ1) is 17.2. The van der Waals surface area contributed by atoms with Crippen molar-refractivity contribution < 1.29 is 17.6 Å². The van der Waals surface area contributed by atoms with Gasteiger partial charge in [0.05, 0.1) is 11.1 Å². The molecule has 1 aliphatic rings. The number of benzene rings is 1. The lowest BCUT2D eigenvalue weighted by molar-refractivity contribution is -0.125. The van der Waals surface area contributed by atoms with Gasteiger partial charge >= 0.3 is 5.63 Å². The Balaban J connectivity index is 1.39. The summed E-state index contributed by atoms with van der Waals surface area (Å²) in [6, 6.07) is 7.03. The Morgan fingerprint density at radius 1 is 1.25 bits per heavy atom. The predicted molar refractivity (Wildman–Crippen MR) is 137 cm³/mol. The highest BCUT2D eigenvalue weighted by atomic mass is 32.2. The second-order valence-corrected chi connectivity index (χ2v) is 11.6. The second kappa shape index (κ2) is 9.38. The summed E-state index contributed by atoms with van der Waals surface area (Å²) in [5, 5.41) is 7.89. The van der Waals surface area contributed by atoms with Crippen molar-refractivity contribution in [1.29, 1.82) is 0 Å². The van der Waals surface area contributed by atoms with E-state index in [1.165, 1.54) is 18.6 Å². The average Bonchev–Trinajstić information content (AvgIpc) is 3.19. The molecule has 36 heavy (non-hydrogen) atoms. The van der Waals surface area contributed by atoms with Crippen LogP contribution in [0, 0.1) is 12.8 Å². The number of aromatic nitrogens is 3. The van der Waals surface area contributed by atoms with E-state index >= 15 is 0 Å². The summed E-state index contributed by atoms with van der Waals surface area (Å²) < 4.78 is 28.0. The van der Waals surface area contributed by atoms with E-state index in [9.17, 15) is 18.0 Å². The van der Waals surface area contributed by atoms with Gasteiger partial charge in [0, 0.05) is 47.6 Å². The summed E-state index contributed by atoms with van der Waals surface area (Å²) in [7, 11) is -3.05. The summed E-state index contributed by atoms with van der Waals surface area (Å²) in [5.74, 6) is 0.353. The van der Waals surface area contributed by atoms with Crippen molar-refractivity contribution in [3.63, 3.8) is 0 Å². The molecular weight excluding hydrogens is 482 g/mol. The van der Waals surface area contributed by atoms with Crippen LogP contribution in [0.5, 0.6) is 0 Å². The maximum absolute atomic E-state index is 12.8. The first-order valence-corrected chi connectivity index (χ1v) is 13.9. The molecule has 1 amide bonds. The zero-order valence-electron chi connectivity index (χ0n) is 20.1. The van der Waals surface area contributed by atoms with E-state index in [1.54, 1.807) is 6.07 Å². The third kappa shape index (κ3) is 4.97. The molecular formula is C25H27N5O5S. The van der Waals surface area contributed by atoms with Gasteiger partial charge in [0.1, 0.15) is 33.2 Å². The molecule has 0 radical (unpaired) electrons. The van der Waals surface area contributed by atoms with Crippen molar-refractivity contribution >= 4 is 49.3 Å². The number of fused-ring (bicyclic) bond motifs is 4. The number of aromatic amines is 1. The first-order valence-electron chi connectivity index (χ1n) is 11.8. The predicted octanol–water partition coefficient (Wildman–Crippen LogP) is 2.77. The Bertz CT molecular complexity index is 1640. The molecule has 1 aliphatic carbocycles. The highest BCUT2D eigenvalue weighted by Crippen LogP contribution is 2.35. The highest BCUT2D eigenvalue weighted by Gasteiger charge is 2.29. The number of hydrogen-bond donors (Lipinski definition) is 3. The van der Waals surface area contributed by atoms with E-state index in [4.69, 9.17) is 4.42 Å². The lowest BCUT2D eigenvalue weighted by Gasteiger charge is -2.22. The fraction of sp³-hybridized carbons (Fsp3) is 0.360. The van der Waals surface area contributed by atoms with Crippen molar-refractivity contribution in [2.24, 2.45) is 5.92 Å². The quantitative estimate of drug-likeness (QED) is 0.255. The van der Waals surface area contributed by atoms with Gasteiger partial charge in [0.25, 0.3) is 0 Å². The molecule has 1 atom stereocenters. The van der Waals surface area contributed by atoms with Gasteiger partial charge in [0.15, 0.2) is 0 Å². The SMILES string of the molecule is Cc1cc(=O)oc2cc(Nc3ncnc4[nH]c5c(c34)C[C@@H](C(=O)NCCCS(C)(=O)=O)CC5)ccc12. The number of rotatable bonds is 7. The van der Waals surface area contributed by atoms with Gasteiger partial charge in [0.2, 0.25) is 5.91 Å². The number of hydrogen-bond acceptors (Lipinski definition) is 8. The Morgan fingerprint density at radius 2 is 2.08 bits per heavy atom. The number of nitrogens with zero attached hydrogens (tertiary/aromatic N) is 2. The van der Waals surface area contributed by atoms with Crippen molar-refractivity contribution in [3.8, 4) is 0 Å². The topological polar surface area (TPSA) is 147 Å². The van der Waals surface area contributed by atoms with E-state index in [2.05, 4.69) is 25.6 Å². The van der Waals surface area contributed by atoms with Crippen LogP contribution in [0.4, 0.5) is 11.5 Å². The third-order valence-corrected chi connectivity index (χ3v) is 7.58. The maximum atomic E-state index is 12.8. The largest absolute Gasteiger partial charge is 0.423 e. The number of sulfone groups is 1. The van der Waals surface area contributed by atoms with E-state index in [0.717, 1.165) is 27.6 Å². The molecule has 0 spiro atoms. The van der Waals surface area contributed by atoms with Gasteiger partial charge in [-0.3, -0.25) is 4.79 Å². The van der Waals surface area contributed by atoms with Crippen LogP contribution < -0.4 is 16.3 Å². The molecule has 188 valence electrons. The van der Waals surface area contributed by atoms with E-state index in [1.807, 2.05) is 19.1 Å². The minimum absolute atomic E-state index is 0.0503. The second-order valence-electron chi connectivity index (χ2n) is 9.33. The van der Waals surface area contributed by atoms with Crippen molar-refractivity contribution in [3.05, 3.63) is 57.8 Å². The van der Waals surface area contributed by atoms with Gasteiger partial charge in [-0.05, 0) is 55.9 Å². The molecule has 3 heterocycles. The number of carbonyl (C=O) groups is 1. The smallest absolute Gasteiger partial charge is 0.336 e. The lowest BCUT2D eigenvalue weighted by atomic mass is 9.86. The summed E-state index contributed by atoms with van der Waals surface area (Å²) in [5.41, 5.74) is 4.36. The molecule has 4 aromatic rings. The maximum Gasteiger partial charge on any atom is 0.336 e. The number of amides is 1. The van der Waals surface area contributed by atoms with Gasteiger partial charge in [-0.15, -0.1) is 0 Å². The summed E-state index contributed by atoms with van der Waals surface area (Å²) >= 11 is 0. The molecule has 3 N–H and O–H groups in total. The van der Waals surface area contributed by atoms with E-state index in [-0.39, 0.29) is 17.6 Å². The van der Waals surface area contributed by atoms with Gasteiger partial charge in [-0.1, -0.05) is 0 Å². The third-order valence-electron chi connectivity index (χ3n) is 6.55. The molecule has 10 nitrogen and oxygen atoms in total. The molecule has 11 heteroatoms. The van der Waals surface area contributed by atoms with Crippen molar-refractivity contribution in [2.45, 2.75) is 32.6 Å². The Morgan fingerprint density at radius 3 is 2.89 bits per heavy atom. The Hall–Kier alpha value is -3.73. The molecule has 5 rings (SSSR count). The van der Waals surface area contributed by atoms with Crippen LogP contribution in [-0.4, -0.2) is 47.8 Å². The molecule has 1 aromatic carbocycles. The summed E-state index contributed by atoms with van der Waals surface area (Å²) in [4.78, 5) is 36.8. The average molecular weight is 510 g/mol. The van der Waals surface area contributed by atoms with Crippen LogP contribution in [0.25, 0.3) is 22.0 Å². The standard InChI is InChI=1S/C25H27N5O5S/c1-14-10-21(31)35-20-12-16(5-6-17(14)20)29-23-22-18-11-15(25(32)26-8-3-9-36(2,33)34)4-7-19(18)30-24(22)28-13-27-23/h5-6,10,12-13,15H,3-4,7-9,11H2,1-2H3,(H,26,32)(H2,27,28,29,30)/t15-/m0/s1. The van der Waals surface area contributed by atoms with Crippen molar-refractivity contribution in [1.82, 2.24) is 20.3 Å². The molecule has 0 saturated carbocycles. The number of nitrogens with one attached hydrogen (secondary N) is 3. The monoisotopic (exact) mass is 509 g/mol. The first kappa shape index (κ1) is 24.0. The Labute approximate surface area is 207 Å². The zero-order valence-corrected chi connectivity index (χ0v) is 20.9. The minimum atomic E-state index is -3.05. The highest BCUT2D eigenvalue weighted by molar-refractivity contribution is 7.90. The van der Waals surface area contributed by atoms with Crippen LogP contribution in [0.2, 0.25) is 0 Å². The molecule has 0 saturated heterocycles. The number of anilines is 2. The lowest BCUT2D eigenvalue weighted by Crippen LogP contribution is -2.35. The molecule has 3 aromatic heterocycles. The fourth-order valence-corrected chi connectivity index (χ4v) is 5.46. The van der Waals surface area contributed by atoms with E-state index < -0.39 is 15.5 Å². The molecule has 0 bridgehead atoms. The van der Waals surface area contributed by atoms with Crippen molar-refractivity contribution in [2.75, 3.05) is 23.9 Å². The summed E-state index contributed by atoms with van der Waals surface area (Å²) in [6.07, 6.45) is 4.98. The normalized spacial score (nSPS) is 15.7. The zero-order chi connectivity index (χ0) is 25.4. The van der Waals surface area contributed by atoms with Crippen LogP contribution in [0.3, 0.4) is 0 Å². The van der Waals surface area contributed by atoms with Gasteiger partial charge in [-0.2, -0.15) is 0 Å². The van der Waals surface area contributed by atoms with Crippen LogP contribution in [0.15, 0.2) is 39.8 Å². The van der Waals surface area contributed by atoms with Crippen LogP contribution in [0.1, 0.15) is 29.7 Å².